The number of ketones is 2. The fraction of sp³-hybridized carbons (Fsp3) is 0.476. The molecule has 11 N–H and O–H groups in total. The lowest BCUT2D eigenvalue weighted by atomic mass is 9.92. The number of carbonyl (C=O) groups excluding carboxylic acids is 10. The van der Waals surface area contributed by atoms with Crippen LogP contribution in [0.3, 0.4) is 0 Å². The molecule has 696 valence electrons. The Labute approximate surface area is 806 Å². The molecule has 0 saturated heterocycles. The molecule has 3 atom stereocenters. The summed E-state index contributed by atoms with van der Waals surface area (Å²) in [5.74, 6) is -7.88. The predicted octanol–water partition coefficient (Wildman–Crippen LogP) is 18.4. The molecule has 0 aliphatic rings. The van der Waals surface area contributed by atoms with Crippen LogP contribution in [0.5, 0.6) is 0 Å². The number of Topliss-reactive ketones (excluding diaryl/α,β-unsaturated/α-hetero) is 2. The minimum Gasteiger partial charge on any atom is -0.481 e. The van der Waals surface area contributed by atoms with E-state index in [0.29, 0.717) is 50.3 Å². The third-order valence-electron chi connectivity index (χ3n) is 13.5. The molecule has 124 heavy (non-hydrogen) atoms. The number of nitrogens with two attached hydrogens (primary N) is 2. The zero-order valence-corrected chi connectivity index (χ0v) is 83.6. The average molecular weight is 2050 g/mol. The second-order valence-electron chi connectivity index (χ2n) is 30.8. The van der Waals surface area contributed by atoms with Crippen LogP contribution in [-0.4, -0.2) is 153 Å². The van der Waals surface area contributed by atoms with Gasteiger partial charge in [0.15, 0.2) is 11.6 Å². The van der Waals surface area contributed by atoms with Crippen LogP contribution in [0.2, 0.25) is 50.2 Å². The molecular formula is C82H112Cl10N6O20S6. The summed E-state index contributed by atoms with van der Waals surface area (Å²) in [5, 5.41) is 38.6. The van der Waals surface area contributed by atoms with Crippen LogP contribution in [0.25, 0.3) is 0 Å². The van der Waals surface area contributed by atoms with Crippen LogP contribution < -0.4 is 32.7 Å². The third-order valence-corrected chi connectivity index (χ3v) is 16.4. The molecule has 0 unspecified atom stereocenters. The highest BCUT2D eigenvalue weighted by molar-refractivity contribution is 8.37. The van der Waals surface area contributed by atoms with Gasteiger partial charge in [0, 0.05) is 91.6 Å². The third kappa shape index (κ3) is 65.4. The van der Waals surface area contributed by atoms with Gasteiger partial charge in [0.1, 0.15) is 41.5 Å². The Morgan fingerprint density at radius 1 is 0.395 bits per heavy atom. The van der Waals surface area contributed by atoms with E-state index in [9.17, 15) is 62.3 Å². The molecule has 5 aromatic rings. The van der Waals surface area contributed by atoms with E-state index in [-0.39, 0.29) is 148 Å². The largest absolute Gasteiger partial charge is 0.481 e. The Morgan fingerprint density at radius 3 is 0.895 bits per heavy atom. The predicted molar refractivity (Wildman–Crippen MR) is 513 cm³/mol. The lowest BCUT2D eigenvalue weighted by Crippen LogP contribution is -2.38. The Kier molecular flexibility index (Phi) is 68.8. The van der Waals surface area contributed by atoms with E-state index in [4.69, 9.17) is 162 Å². The summed E-state index contributed by atoms with van der Waals surface area (Å²) in [6.45, 7) is 32.2. The number of aromatic carboxylic acids is 1. The van der Waals surface area contributed by atoms with E-state index < -0.39 is 100 Å². The van der Waals surface area contributed by atoms with Gasteiger partial charge >= 0.3 is 41.8 Å². The Morgan fingerprint density at radius 2 is 0.645 bits per heavy atom. The quantitative estimate of drug-likeness (QED) is 0.0174. The number of esters is 4. The van der Waals surface area contributed by atoms with Crippen molar-refractivity contribution in [1.29, 1.82) is 0 Å². The molecule has 0 heterocycles. The summed E-state index contributed by atoms with van der Waals surface area (Å²) in [4.78, 5) is 149. The van der Waals surface area contributed by atoms with Gasteiger partial charge < -0.3 is 67.0 Å². The highest BCUT2D eigenvalue weighted by Gasteiger charge is 2.30. The van der Waals surface area contributed by atoms with Crippen LogP contribution >= 0.6 is 130 Å². The number of aliphatic carboxylic acids is 2. The molecule has 0 saturated carbocycles. The molecule has 4 amide bonds. The summed E-state index contributed by atoms with van der Waals surface area (Å²) in [5.41, 5.74) is 9.38. The number of rotatable bonds is 27. The van der Waals surface area contributed by atoms with Crippen LogP contribution in [-0.2, 0) is 111 Å². The second-order valence-corrected chi connectivity index (χ2v) is 36.8. The maximum atomic E-state index is 12.4. The van der Waals surface area contributed by atoms with E-state index in [2.05, 4.69) is 66.0 Å². The van der Waals surface area contributed by atoms with Crippen LogP contribution in [0.15, 0.2) is 91.0 Å². The topological polar surface area (TPSA) is 420 Å². The summed E-state index contributed by atoms with van der Waals surface area (Å²) < 4.78 is 20.4. The molecule has 5 aromatic carbocycles. The summed E-state index contributed by atoms with van der Waals surface area (Å²) in [6, 6.07) is 21.7. The van der Waals surface area contributed by atoms with Crippen molar-refractivity contribution < 1.29 is 96.6 Å². The summed E-state index contributed by atoms with van der Waals surface area (Å²) in [6.07, 6.45) is 1.52. The summed E-state index contributed by atoms with van der Waals surface area (Å²) >= 11 is 73.3. The van der Waals surface area contributed by atoms with Gasteiger partial charge in [0.05, 0.1) is 84.4 Å². The van der Waals surface area contributed by atoms with Crippen molar-refractivity contribution in [2.75, 3.05) is 32.7 Å². The lowest BCUT2D eigenvalue weighted by Gasteiger charge is -2.24. The Bertz CT molecular complexity index is 4330. The maximum Gasteiger partial charge on any atom is 0.337 e. The van der Waals surface area contributed by atoms with Crippen LogP contribution in [0, 0.1) is 29.6 Å². The van der Waals surface area contributed by atoms with Gasteiger partial charge in [-0.2, -0.15) is 13.5 Å². The number of hydrogen-bond donors (Lipinski definition) is 9. The van der Waals surface area contributed by atoms with Gasteiger partial charge in [-0.25, -0.2) is 4.79 Å². The standard InChI is InChI=1S/C20H27Cl2NO4.C16H19Cl2NO4.C13H15Cl2NO3.C10H21NO2.C9H7Cl2NO3.C7H4Cl2O2.C6H13NO2.CH4.S3.S2.H2S/c1-12(2)8-13(19(26)27-20(3,4)5)9-15(24)11-23-18(25)16-10-14(21)6-7-17(16)22;1-9(2)5-10(16(22)23)6-12(20)8-19-15(21)13-7-11(17)3-4-14(13)18;1-13(2,3)19-11(17)7-16-12(18)9-6-8(14)4-5-10(9)15;1-7(2)6-8(11)9(12)13-10(3,4)5;10-5-1-2-7(11)6(3-5)9(15)12-4-8(13)14;8-4-1-2-6(9)5(3-4)7(10)11;1-6(2,3)9-5(8)4-7;;1-3-2;1-2;/h6-7,10,12-13H,8-9,11H2,1-5H3,(H,23,25);3-4,7,9-10H,5-6,8H2,1-2H3,(H,19,21)(H,22,23);4-6H,7H2,1-3H3,(H,16,18);7-8H,6,11H2,1-5H3;1-3H,4H2,(H,12,15)(H,13,14);1-3H,(H,10,11);4,7H2,1-3H3;1H4;;;1H2/t13-;10-;;8-;;;;;;;/m11.0......./s1. The monoisotopic (exact) mass is 2040 g/mol. The molecule has 42 heteroatoms. The molecule has 5 rings (SSSR count). The van der Waals surface area contributed by atoms with E-state index >= 15 is 0 Å². The molecule has 0 aliphatic carbocycles. The van der Waals surface area contributed by atoms with Gasteiger partial charge in [0.2, 0.25) is 0 Å². The number of amides is 4. The van der Waals surface area contributed by atoms with E-state index in [1.54, 1.807) is 80.5 Å². The SMILES string of the molecule is C.CC(C)(C)OC(=O)CN.CC(C)(C)OC(=O)CNC(=O)c1cc(Cl)ccc1Cl.CC(C)C[C@H](CC(=O)CNC(=O)c1cc(Cl)ccc1Cl)C(=O)O.CC(C)C[C@H](CC(=O)CNC(=O)c1cc(Cl)ccc1Cl)C(=O)OC(C)(C)C.CC(C)C[C@H](N)C(=O)OC(C)(C)C.O=C(O)CNC(=O)c1cc(Cl)ccc1Cl.O=C(O)c1cc(Cl)ccc1Cl.S.S=S.S=S=S. The maximum absolute atomic E-state index is 12.4. The van der Waals surface area contributed by atoms with Gasteiger partial charge in [0.25, 0.3) is 23.6 Å². The van der Waals surface area contributed by atoms with Crippen molar-refractivity contribution in [2.24, 2.45) is 41.1 Å². The van der Waals surface area contributed by atoms with Crippen molar-refractivity contribution >= 4 is 260 Å². The van der Waals surface area contributed by atoms with Gasteiger partial charge in [-0.1, -0.05) is 165 Å². The van der Waals surface area contributed by atoms with Crippen LogP contribution in [0.4, 0.5) is 0 Å². The zero-order valence-electron chi connectivity index (χ0n) is 71.0. The van der Waals surface area contributed by atoms with Gasteiger partial charge in [-0.05, 0) is 211 Å². The van der Waals surface area contributed by atoms with Crippen molar-refractivity contribution in [1.82, 2.24) is 21.3 Å². The highest BCUT2D eigenvalue weighted by atomic mass is 35.5. The number of benzene rings is 5. The molecule has 26 nitrogen and oxygen atoms in total. The number of hydrogen-bond acceptors (Lipinski definition) is 23. The first-order chi connectivity index (χ1) is 56.0. The highest BCUT2D eigenvalue weighted by Crippen LogP contribution is 2.27. The van der Waals surface area contributed by atoms with Crippen LogP contribution in [0.1, 0.15) is 216 Å². The molecule has 0 spiro atoms. The number of carboxylic acids is 3. The molecular weight excluding hydrogens is 1940 g/mol. The first-order valence-corrected chi connectivity index (χ1v) is 44.3. The molecule has 0 aromatic heterocycles. The fourth-order valence-electron chi connectivity index (χ4n) is 8.89. The number of nitrogens with one attached hydrogen (secondary N) is 4. The van der Waals surface area contributed by atoms with Gasteiger partial charge in [-0.3, -0.25) is 57.5 Å². The molecule has 0 fully saturated rings. The van der Waals surface area contributed by atoms with E-state index in [1.807, 2.05) is 62.3 Å². The number of halogens is 10. The van der Waals surface area contributed by atoms with Crippen molar-refractivity contribution in [3.8, 4) is 0 Å². The molecule has 0 aliphatic heterocycles. The lowest BCUT2D eigenvalue weighted by molar-refractivity contribution is -0.162. The fourth-order valence-corrected chi connectivity index (χ4v) is 10.8. The number of carboxylic acid groups (broad SMARTS) is 3. The smallest absolute Gasteiger partial charge is 0.337 e. The first kappa shape index (κ1) is 129. The van der Waals surface area contributed by atoms with Crippen molar-refractivity contribution in [2.45, 2.75) is 193 Å². The minimum absolute atomic E-state index is 0. The van der Waals surface area contributed by atoms with E-state index in [1.165, 1.54) is 72.8 Å². The number of ether oxygens (including phenoxy) is 4. The van der Waals surface area contributed by atoms with Crippen molar-refractivity contribution in [3.63, 3.8) is 0 Å². The zero-order chi connectivity index (χ0) is 95.7. The molecule has 0 bridgehead atoms. The number of carbonyl (C=O) groups is 13. The van der Waals surface area contributed by atoms with Gasteiger partial charge in [-0.15, -0.1) is 0 Å². The normalized spacial score (nSPS) is 11.1. The van der Waals surface area contributed by atoms with E-state index in [0.717, 1.165) is 8.88 Å². The molecule has 0 radical (unpaired) electrons. The Hall–Kier alpha value is -6.12. The average Bonchev–Trinajstić information content (AvgIpc) is 0.870. The minimum atomic E-state index is -1.12. The second kappa shape index (κ2) is 66.3. The Balaban J connectivity index is -0.000000332. The summed E-state index contributed by atoms with van der Waals surface area (Å²) in [7, 11) is 0.917. The first-order valence-electron chi connectivity index (χ1n) is 36.5. The van der Waals surface area contributed by atoms with Crippen molar-refractivity contribution in [3.05, 3.63) is 169 Å².